The molecule has 1 aromatic heterocycles. The average Bonchev–Trinajstić information content (AvgIpc) is 2.74. The van der Waals surface area contributed by atoms with Gasteiger partial charge in [0, 0.05) is 17.1 Å². The fraction of sp³-hybridized carbons (Fsp3) is 0.400. The van der Waals surface area contributed by atoms with E-state index in [4.69, 9.17) is 16.0 Å². The number of oxazole rings is 1. The first-order valence-corrected chi connectivity index (χ1v) is 6.83. The summed E-state index contributed by atoms with van der Waals surface area (Å²) < 4.78 is 5.72. The number of likely N-dealkylation sites (N-methyl/N-ethyl adjacent to an activating group) is 1. The third kappa shape index (κ3) is 4.34. The second-order valence-corrected chi connectivity index (χ2v) is 6.05. The third-order valence-corrected chi connectivity index (χ3v) is 2.96. The summed E-state index contributed by atoms with van der Waals surface area (Å²) in [6, 6.07) is 7.46. The van der Waals surface area contributed by atoms with Gasteiger partial charge in [-0.25, -0.2) is 4.98 Å². The van der Waals surface area contributed by atoms with Gasteiger partial charge in [-0.3, -0.25) is 4.90 Å². The number of aromatic nitrogens is 1. The van der Waals surface area contributed by atoms with Gasteiger partial charge in [-0.15, -0.1) is 0 Å². The molecule has 1 aromatic carbocycles. The molecule has 0 aliphatic carbocycles. The first-order chi connectivity index (χ1) is 9.33. The summed E-state index contributed by atoms with van der Waals surface area (Å²) in [6.45, 7) is 4.64. The minimum Gasteiger partial charge on any atom is -0.439 e. The van der Waals surface area contributed by atoms with E-state index in [0.29, 0.717) is 29.8 Å². The van der Waals surface area contributed by atoms with Gasteiger partial charge in [0.25, 0.3) is 0 Å². The largest absolute Gasteiger partial charge is 0.439 e. The second-order valence-electron chi connectivity index (χ2n) is 5.61. The third-order valence-electron chi connectivity index (χ3n) is 2.72. The monoisotopic (exact) mass is 294 g/mol. The summed E-state index contributed by atoms with van der Waals surface area (Å²) in [6.07, 6.45) is 1.69. The molecule has 0 atom stereocenters. The quantitative estimate of drug-likeness (QED) is 0.920. The molecule has 0 aliphatic heterocycles. The molecule has 1 heterocycles. The van der Waals surface area contributed by atoms with Crippen molar-refractivity contribution in [2.24, 2.45) is 0 Å². The number of halogens is 1. The van der Waals surface area contributed by atoms with E-state index in [1.165, 1.54) is 0 Å². The Labute approximate surface area is 124 Å². The molecular formula is C15H19ClN2O2. The maximum absolute atomic E-state index is 9.77. The number of hydrogen-bond acceptors (Lipinski definition) is 4. The van der Waals surface area contributed by atoms with Crippen LogP contribution in [0.15, 0.2) is 34.9 Å². The van der Waals surface area contributed by atoms with Crippen LogP contribution in [-0.2, 0) is 6.54 Å². The summed E-state index contributed by atoms with van der Waals surface area (Å²) in [5, 5.41) is 10.4. The number of hydrogen-bond donors (Lipinski definition) is 1. The number of nitrogens with zero attached hydrogens (tertiary/aromatic N) is 2. The Morgan fingerprint density at radius 2 is 2.15 bits per heavy atom. The Kier molecular flexibility index (Phi) is 4.48. The Morgan fingerprint density at radius 3 is 2.80 bits per heavy atom. The first-order valence-electron chi connectivity index (χ1n) is 6.45. The Bertz CT molecular complexity index is 575. The van der Waals surface area contributed by atoms with E-state index in [1.807, 2.05) is 36.2 Å². The van der Waals surface area contributed by atoms with Crippen molar-refractivity contribution in [1.82, 2.24) is 9.88 Å². The van der Waals surface area contributed by atoms with Crippen LogP contribution in [0.3, 0.4) is 0 Å². The summed E-state index contributed by atoms with van der Waals surface area (Å²) in [4.78, 5) is 6.23. The molecule has 0 radical (unpaired) electrons. The molecule has 4 nitrogen and oxygen atoms in total. The van der Waals surface area contributed by atoms with Gasteiger partial charge >= 0.3 is 0 Å². The van der Waals surface area contributed by atoms with E-state index in [1.54, 1.807) is 20.0 Å². The molecule has 108 valence electrons. The lowest BCUT2D eigenvalue weighted by atomic mass is 10.1. The van der Waals surface area contributed by atoms with Gasteiger partial charge in [0.15, 0.2) is 5.76 Å². The molecule has 0 saturated heterocycles. The Morgan fingerprint density at radius 1 is 1.40 bits per heavy atom. The SMILES string of the molecule is CN(Cc1ncc(-c2cccc(Cl)c2)o1)CC(C)(C)O. The van der Waals surface area contributed by atoms with Crippen molar-refractivity contribution in [1.29, 1.82) is 0 Å². The molecule has 0 saturated carbocycles. The van der Waals surface area contributed by atoms with E-state index < -0.39 is 5.60 Å². The highest BCUT2D eigenvalue weighted by atomic mass is 35.5. The normalized spacial score (nSPS) is 12.1. The molecule has 2 aromatic rings. The Balaban J connectivity index is 2.06. The first kappa shape index (κ1) is 15.0. The highest BCUT2D eigenvalue weighted by molar-refractivity contribution is 6.30. The number of benzene rings is 1. The zero-order valence-corrected chi connectivity index (χ0v) is 12.7. The standard InChI is InChI=1S/C15H19ClN2O2/c1-15(2,19)10-18(3)9-14-17-8-13(20-14)11-5-4-6-12(16)7-11/h4-8,19H,9-10H2,1-3H3. The maximum atomic E-state index is 9.77. The highest BCUT2D eigenvalue weighted by Gasteiger charge is 2.17. The van der Waals surface area contributed by atoms with Crippen molar-refractivity contribution in [3.8, 4) is 11.3 Å². The van der Waals surface area contributed by atoms with Crippen LogP contribution in [0.5, 0.6) is 0 Å². The fourth-order valence-corrected chi connectivity index (χ4v) is 2.30. The molecule has 0 bridgehead atoms. The van der Waals surface area contributed by atoms with Gasteiger partial charge < -0.3 is 9.52 Å². The lowest BCUT2D eigenvalue weighted by molar-refractivity contribution is 0.0403. The summed E-state index contributed by atoms with van der Waals surface area (Å²) in [7, 11) is 1.92. The molecule has 20 heavy (non-hydrogen) atoms. The Hall–Kier alpha value is -1.36. The van der Waals surface area contributed by atoms with Crippen LogP contribution < -0.4 is 0 Å². The minimum atomic E-state index is -0.739. The van der Waals surface area contributed by atoms with Gasteiger partial charge in [-0.1, -0.05) is 23.7 Å². The fourth-order valence-electron chi connectivity index (χ4n) is 2.11. The van der Waals surface area contributed by atoms with E-state index in [0.717, 1.165) is 5.56 Å². The van der Waals surface area contributed by atoms with Gasteiger partial charge in [0.1, 0.15) is 0 Å². The highest BCUT2D eigenvalue weighted by Crippen LogP contribution is 2.23. The van der Waals surface area contributed by atoms with Crippen LogP contribution in [0.2, 0.25) is 5.02 Å². The molecular weight excluding hydrogens is 276 g/mol. The molecule has 0 spiro atoms. The van der Waals surface area contributed by atoms with Crippen molar-refractivity contribution in [3.05, 3.63) is 41.4 Å². The van der Waals surface area contributed by atoms with Crippen LogP contribution >= 0.6 is 11.6 Å². The molecule has 0 amide bonds. The molecule has 2 rings (SSSR count). The van der Waals surface area contributed by atoms with E-state index in [-0.39, 0.29) is 0 Å². The zero-order chi connectivity index (χ0) is 14.8. The number of rotatable bonds is 5. The lowest BCUT2D eigenvalue weighted by Gasteiger charge is -2.24. The minimum absolute atomic E-state index is 0.544. The number of aliphatic hydroxyl groups is 1. The summed E-state index contributed by atoms with van der Waals surface area (Å²) >= 11 is 5.96. The second kappa shape index (κ2) is 5.95. The topological polar surface area (TPSA) is 49.5 Å². The maximum Gasteiger partial charge on any atom is 0.209 e. The molecule has 5 heteroatoms. The van der Waals surface area contributed by atoms with E-state index in [2.05, 4.69) is 4.98 Å². The predicted molar refractivity (Wildman–Crippen MR) is 79.6 cm³/mol. The molecule has 0 aliphatic rings. The average molecular weight is 295 g/mol. The van der Waals surface area contributed by atoms with Crippen LogP contribution in [0.4, 0.5) is 0 Å². The van der Waals surface area contributed by atoms with Gasteiger partial charge in [-0.2, -0.15) is 0 Å². The van der Waals surface area contributed by atoms with Crippen LogP contribution in [-0.4, -0.2) is 34.2 Å². The van der Waals surface area contributed by atoms with Gasteiger partial charge in [0.2, 0.25) is 5.89 Å². The van der Waals surface area contributed by atoms with Crippen molar-refractivity contribution >= 4 is 11.6 Å². The van der Waals surface area contributed by atoms with E-state index in [9.17, 15) is 5.11 Å². The molecule has 0 unspecified atom stereocenters. The lowest BCUT2D eigenvalue weighted by Crippen LogP contribution is -2.35. The van der Waals surface area contributed by atoms with Crippen molar-refractivity contribution in [2.45, 2.75) is 26.0 Å². The molecule has 0 fully saturated rings. The van der Waals surface area contributed by atoms with Crippen LogP contribution in [0, 0.1) is 0 Å². The van der Waals surface area contributed by atoms with Gasteiger partial charge in [-0.05, 0) is 33.0 Å². The smallest absolute Gasteiger partial charge is 0.209 e. The van der Waals surface area contributed by atoms with E-state index >= 15 is 0 Å². The molecule has 1 N–H and O–H groups in total. The van der Waals surface area contributed by atoms with Crippen LogP contribution in [0.1, 0.15) is 19.7 Å². The van der Waals surface area contributed by atoms with Crippen molar-refractivity contribution in [3.63, 3.8) is 0 Å². The summed E-state index contributed by atoms with van der Waals surface area (Å²) in [5.74, 6) is 1.31. The zero-order valence-electron chi connectivity index (χ0n) is 11.9. The van der Waals surface area contributed by atoms with Crippen LogP contribution in [0.25, 0.3) is 11.3 Å². The van der Waals surface area contributed by atoms with Crippen molar-refractivity contribution in [2.75, 3.05) is 13.6 Å². The summed E-state index contributed by atoms with van der Waals surface area (Å²) in [5.41, 5.74) is 0.165. The predicted octanol–water partition coefficient (Wildman–Crippen LogP) is 3.20. The van der Waals surface area contributed by atoms with Gasteiger partial charge in [0.05, 0.1) is 18.3 Å². The van der Waals surface area contributed by atoms with Crippen molar-refractivity contribution < 1.29 is 9.52 Å².